The van der Waals surface area contributed by atoms with Gasteiger partial charge in [-0.1, -0.05) is 12.1 Å². The summed E-state index contributed by atoms with van der Waals surface area (Å²) < 4.78 is 1.90. The number of aliphatic hydroxyl groups excluding tert-OH is 1. The number of nitrogens with two attached hydrogens (primary N) is 1. The number of carboxylic acids is 1. The van der Waals surface area contributed by atoms with Crippen LogP contribution in [0.2, 0.25) is 0 Å². The molecule has 90 valence electrons. The summed E-state index contributed by atoms with van der Waals surface area (Å²) in [6.07, 6.45) is 0.645. The molecular formula is C12H14N2O3. The van der Waals surface area contributed by atoms with Crippen molar-refractivity contribution in [1.82, 2.24) is 4.57 Å². The summed E-state index contributed by atoms with van der Waals surface area (Å²) in [6, 6.07) is 5.88. The van der Waals surface area contributed by atoms with E-state index in [2.05, 4.69) is 0 Å². The Bertz CT molecular complexity index is 562. The van der Waals surface area contributed by atoms with Crippen LogP contribution < -0.4 is 5.73 Å². The van der Waals surface area contributed by atoms with E-state index >= 15 is 0 Å². The average molecular weight is 234 g/mol. The number of hydrogen-bond acceptors (Lipinski definition) is 3. The summed E-state index contributed by atoms with van der Waals surface area (Å²) in [7, 11) is 1.88. The van der Waals surface area contributed by atoms with Crippen LogP contribution in [0, 0.1) is 0 Å². The van der Waals surface area contributed by atoms with Crippen LogP contribution in [0.3, 0.4) is 0 Å². The summed E-state index contributed by atoms with van der Waals surface area (Å²) in [5.41, 5.74) is 6.90. The smallest absolute Gasteiger partial charge is 0.323 e. The maximum absolute atomic E-state index is 10.8. The van der Waals surface area contributed by atoms with Gasteiger partial charge in [-0.05, 0) is 17.7 Å². The van der Waals surface area contributed by atoms with Gasteiger partial charge in [-0.3, -0.25) is 4.79 Å². The molecule has 0 aliphatic heterocycles. The quantitative estimate of drug-likeness (QED) is 0.726. The third kappa shape index (κ3) is 1.90. The number of carboxylic acid groups (broad SMARTS) is 1. The number of aliphatic carboxylic acids is 1. The SMILES string of the molecule is Cn1ccc2c(C(O)C(N)C(=O)O)cccc21. The van der Waals surface area contributed by atoms with Crippen LogP contribution in [0.4, 0.5) is 0 Å². The van der Waals surface area contributed by atoms with Crippen molar-refractivity contribution in [1.29, 1.82) is 0 Å². The number of hydrogen-bond donors (Lipinski definition) is 3. The molecule has 0 fully saturated rings. The van der Waals surface area contributed by atoms with Gasteiger partial charge in [0, 0.05) is 24.1 Å². The first kappa shape index (κ1) is 11.6. The van der Waals surface area contributed by atoms with Gasteiger partial charge >= 0.3 is 5.97 Å². The van der Waals surface area contributed by atoms with Gasteiger partial charge in [0.25, 0.3) is 0 Å². The lowest BCUT2D eigenvalue weighted by molar-refractivity contribution is -0.141. The molecule has 17 heavy (non-hydrogen) atoms. The first-order valence-corrected chi connectivity index (χ1v) is 5.22. The van der Waals surface area contributed by atoms with E-state index in [4.69, 9.17) is 10.8 Å². The molecule has 2 aromatic rings. The van der Waals surface area contributed by atoms with E-state index < -0.39 is 18.1 Å². The molecule has 0 amide bonds. The van der Waals surface area contributed by atoms with E-state index in [-0.39, 0.29) is 0 Å². The van der Waals surface area contributed by atoms with Crippen molar-refractivity contribution in [3.05, 3.63) is 36.0 Å². The molecule has 0 spiro atoms. The van der Waals surface area contributed by atoms with Crippen LogP contribution in [0.25, 0.3) is 10.9 Å². The molecule has 2 rings (SSSR count). The lowest BCUT2D eigenvalue weighted by atomic mass is 9.99. The zero-order valence-electron chi connectivity index (χ0n) is 9.37. The molecule has 1 aromatic carbocycles. The highest BCUT2D eigenvalue weighted by atomic mass is 16.4. The van der Waals surface area contributed by atoms with Crippen LogP contribution in [0.15, 0.2) is 30.5 Å². The number of aliphatic hydroxyl groups is 1. The summed E-state index contributed by atoms with van der Waals surface area (Å²) >= 11 is 0. The minimum absolute atomic E-state index is 0.540. The summed E-state index contributed by atoms with van der Waals surface area (Å²) in [4.78, 5) is 10.8. The molecule has 0 saturated heterocycles. The van der Waals surface area contributed by atoms with Crippen molar-refractivity contribution < 1.29 is 15.0 Å². The van der Waals surface area contributed by atoms with Crippen molar-refractivity contribution >= 4 is 16.9 Å². The molecule has 5 nitrogen and oxygen atoms in total. The Morgan fingerprint density at radius 2 is 2.12 bits per heavy atom. The molecule has 5 heteroatoms. The highest BCUT2D eigenvalue weighted by Gasteiger charge is 2.25. The lowest BCUT2D eigenvalue weighted by Gasteiger charge is -2.16. The number of nitrogens with zero attached hydrogens (tertiary/aromatic N) is 1. The largest absolute Gasteiger partial charge is 0.480 e. The van der Waals surface area contributed by atoms with Crippen molar-refractivity contribution in [3.8, 4) is 0 Å². The molecule has 2 atom stereocenters. The molecule has 0 aliphatic rings. The number of rotatable bonds is 3. The molecule has 0 radical (unpaired) electrons. The number of carbonyl (C=O) groups is 1. The predicted molar refractivity (Wildman–Crippen MR) is 63.5 cm³/mol. The average Bonchev–Trinajstić information content (AvgIpc) is 2.69. The zero-order chi connectivity index (χ0) is 12.6. The highest BCUT2D eigenvalue weighted by molar-refractivity contribution is 5.85. The van der Waals surface area contributed by atoms with Gasteiger partial charge in [0.05, 0.1) is 0 Å². The van der Waals surface area contributed by atoms with E-state index in [0.717, 1.165) is 10.9 Å². The number of fused-ring (bicyclic) bond motifs is 1. The third-order valence-corrected chi connectivity index (χ3v) is 2.91. The van der Waals surface area contributed by atoms with Gasteiger partial charge in [0.1, 0.15) is 12.1 Å². The number of benzene rings is 1. The minimum atomic E-state index is -1.32. The van der Waals surface area contributed by atoms with Crippen molar-refractivity contribution in [2.24, 2.45) is 12.8 Å². The monoisotopic (exact) mass is 234 g/mol. The number of aryl methyl sites for hydroxylation is 1. The lowest BCUT2D eigenvalue weighted by Crippen LogP contribution is -2.36. The Kier molecular flexibility index (Phi) is 2.87. The Hall–Kier alpha value is -1.85. The predicted octanol–water partition coefficient (Wildman–Crippen LogP) is 0.624. The molecule has 1 heterocycles. The van der Waals surface area contributed by atoms with E-state index in [0.29, 0.717) is 5.56 Å². The van der Waals surface area contributed by atoms with E-state index in [1.54, 1.807) is 12.1 Å². The van der Waals surface area contributed by atoms with Gasteiger partial charge in [-0.2, -0.15) is 0 Å². The summed E-state index contributed by atoms with van der Waals surface area (Å²) in [5.74, 6) is -1.22. The fourth-order valence-corrected chi connectivity index (χ4v) is 1.91. The second kappa shape index (κ2) is 4.20. The van der Waals surface area contributed by atoms with Gasteiger partial charge < -0.3 is 20.5 Å². The van der Waals surface area contributed by atoms with Gasteiger partial charge in [0.15, 0.2) is 0 Å². The summed E-state index contributed by atoms with van der Waals surface area (Å²) in [5, 5.41) is 19.6. The van der Waals surface area contributed by atoms with Crippen molar-refractivity contribution in [2.75, 3.05) is 0 Å². The highest BCUT2D eigenvalue weighted by Crippen LogP contribution is 2.26. The van der Waals surface area contributed by atoms with Crippen LogP contribution in [0.5, 0.6) is 0 Å². The Labute approximate surface area is 98.1 Å². The van der Waals surface area contributed by atoms with Gasteiger partial charge in [-0.25, -0.2) is 0 Å². The van der Waals surface area contributed by atoms with E-state index in [1.807, 2.05) is 29.9 Å². The molecule has 0 aliphatic carbocycles. The zero-order valence-corrected chi connectivity index (χ0v) is 9.37. The van der Waals surface area contributed by atoms with Crippen molar-refractivity contribution in [3.63, 3.8) is 0 Å². The topological polar surface area (TPSA) is 88.5 Å². The standard InChI is InChI=1S/C12H14N2O3/c1-14-6-5-7-8(3-2-4-9(7)14)11(15)10(13)12(16)17/h2-6,10-11,15H,13H2,1H3,(H,16,17). The summed E-state index contributed by atoms with van der Waals surface area (Å²) in [6.45, 7) is 0. The fraction of sp³-hybridized carbons (Fsp3) is 0.250. The molecule has 0 saturated carbocycles. The second-order valence-electron chi connectivity index (χ2n) is 4.02. The Morgan fingerprint density at radius 1 is 1.41 bits per heavy atom. The van der Waals surface area contributed by atoms with E-state index in [9.17, 15) is 9.90 Å². The molecule has 4 N–H and O–H groups in total. The normalized spacial score (nSPS) is 14.8. The maximum Gasteiger partial charge on any atom is 0.323 e. The fourth-order valence-electron chi connectivity index (χ4n) is 1.91. The molecule has 2 unspecified atom stereocenters. The first-order valence-electron chi connectivity index (χ1n) is 5.22. The number of aromatic nitrogens is 1. The van der Waals surface area contributed by atoms with Gasteiger partial charge in [0.2, 0.25) is 0 Å². The van der Waals surface area contributed by atoms with Crippen LogP contribution >= 0.6 is 0 Å². The van der Waals surface area contributed by atoms with Crippen LogP contribution in [-0.2, 0) is 11.8 Å². The molecule has 0 bridgehead atoms. The van der Waals surface area contributed by atoms with Gasteiger partial charge in [-0.15, -0.1) is 0 Å². The first-order chi connectivity index (χ1) is 8.02. The molecular weight excluding hydrogens is 220 g/mol. The van der Waals surface area contributed by atoms with Crippen LogP contribution in [-0.4, -0.2) is 26.8 Å². The van der Waals surface area contributed by atoms with Crippen LogP contribution in [0.1, 0.15) is 11.7 Å². The Morgan fingerprint density at radius 3 is 2.76 bits per heavy atom. The third-order valence-electron chi connectivity index (χ3n) is 2.91. The minimum Gasteiger partial charge on any atom is -0.480 e. The molecule has 1 aromatic heterocycles. The van der Waals surface area contributed by atoms with E-state index in [1.165, 1.54) is 0 Å². The maximum atomic E-state index is 10.8. The Balaban J connectivity index is 2.52. The van der Waals surface area contributed by atoms with Crippen molar-refractivity contribution in [2.45, 2.75) is 12.1 Å². The second-order valence-corrected chi connectivity index (χ2v) is 4.02.